The highest BCUT2D eigenvalue weighted by molar-refractivity contribution is 6.05. The Balaban J connectivity index is 1.69. The molecule has 1 heterocycles. The molecule has 28 heavy (non-hydrogen) atoms. The van der Waals surface area contributed by atoms with E-state index in [1.165, 1.54) is 12.4 Å². The van der Waals surface area contributed by atoms with Gasteiger partial charge in [-0.1, -0.05) is 30.3 Å². The Morgan fingerprint density at radius 1 is 1.00 bits per heavy atom. The molecule has 6 heteroatoms. The number of pyridine rings is 1. The van der Waals surface area contributed by atoms with Crippen LogP contribution in [0.4, 0.5) is 5.69 Å². The predicted molar refractivity (Wildman–Crippen MR) is 107 cm³/mol. The molecule has 1 N–H and O–H groups in total. The standard InChI is InChI=1S/C22H21N3O3/c1-25(15-16-6-4-3-5-7-16)22(27)18-12-17(13-23-14-18)21(26)24-19-8-10-20(28-2)11-9-19/h3-14H,15H2,1-2H3,(H,24,26). The minimum absolute atomic E-state index is 0.199. The van der Waals surface area contributed by atoms with Gasteiger partial charge in [-0.2, -0.15) is 0 Å². The summed E-state index contributed by atoms with van der Waals surface area (Å²) in [6.45, 7) is 0.474. The minimum Gasteiger partial charge on any atom is -0.497 e. The number of hydrogen-bond acceptors (Lipinski definition) is 4. The molecule has 0 saturated heterocycles. The molecular formula is C22H21N3O3. The third-order valence-electron chi connectivity index (χ3n) is 4.20. The van der Waals surface area contributed by atoms with Crippen LogP contribution in [0, 0.1) is 0 Å². The first-order valence-electron chi connectivity index (χ1n) is 8.76. The number of nitrogens with zero attached hydrogens (tertiary/aromatic N) is 2. The minimum atomic E-state index is -0.335. The van der Waals surface area contributed by atoms with Gasteiger partial charge in [-0.3, -0.25) is 14.6 Å². The van der Waals surface area contributed by atoms with E-state index < -0.39 is 0 Å². The van der Waals surface area contributed by atoms with Gasteiger partial charge in [0.15, 0.2) is 0 Å². The highest BCUT2D eigenvalue weighted by Crippen LogP contribution is 2.16. The predicted octanol–water partition coefficient (Wildman–Crippen LogP) is 3.61. The molecule has 3 rings (SSSR count). The van der Waals surface area contributed by atoms with Crippen LogP contribution in [0.1, 0.15) is 26.3 Å². The van der Waals surface area contributed by atoms with E-state index >= 15 is 0 Å². The average Bonchev–Trinajstić information content (AvgIpc) is 2.74. The average molecular weight is 375 g/mol. The maximum Gasteiger partial charge on any atom is 0.257 e. The van der Waals surface area contributed by atoms with Crippen LogP contribution in [0.25, 0.3) is 0 Å². The number of carbonyl (C=O) groups excluding carboxylic acids is 2. The van der Waals surface area contributed by atoms with Crippen molar-refractivity contribution in [3.63, 3.8) is 0 Å². The zero-order chi connectivity index (χ0) is 19.9. The van der Waals surface area contributed by atoms with E-state index in [-0.39, 0.29) is 11.8 Å². The lowest BCUT2D eigenvalue weighted by Gasteiger charge is -2.17. The normalized spacial score (nSPS) is 10.2. The number of hydrogen-bond donors (Lipinski definition) is 1. The number of benzene rings is 2. The Bertz CT molecular complexity index is 956. The summed E-state index contributed by atoms with van der Waals surface area (Å²) in [6.07, 6.45) is 2.90. The van der Waals surface area contributed by atoms with Crippen LogP contribution >= 0.6 is 0 Å². The maximum absolute atomic E-state index is 12.7. The van der Waals surface area contributed by atoms with E-state index in [2.05, 4.69) is 10.3 Å². The van der Waals surface area contributed by atoms with E-state index in [0.717, 1.165) is 5.56 Å². The van der Waals surface area contributed by atoms with Crippen molar-refractivity contribution >= 4 is 17.5 Å². The van der Waals surface area contributed by atoms with Gasteiger partial charge in [-0.15, -0.1) is 0 Å². The van der Waals surface area contributed by atoms with Gasteiger partial charge in [0.2, 0.25) is 0 Å². The topological polar surface area (TPSA) is 71.5 Å². The SMILES string of the molecule is COc1ccc(NC(=O)c2cncc(C(=O)N(C)Cc3ccccc3)c2)cc1. The Hall–Kier alpha value is -3.67. The van der Waals surface area contributed by atoms with Crippen LogP contribution in [-0.2, 0) is 6.54 Å². The van der Waals surface area contributed by atoms with Gasteiger partial charge in [0.25, 0.3) is 11.8 Å². The lowest BCUT2D eigenvalue weighted by Crippen LogP contribution is -2.26. The first-order chi connectivity index (χ1) is 13.6. The second kappa shape index (κ2) is 8.81. The summed E-state index contributed by atoms with van der Waals surface area (Å²) in [5, 5.41) is 2.79. The molecule has 6 nitrogen and oxygen atoms in total. The van der Waals surface area contributed by atoms with Crippen molar-refractivity contribution in [1.29, 1.82) is 0 Å². The number of amides is 2. The number of anilines is 1. The largest absolute Gasteiger partial charge is 0.497 e. The molecule has 2 aromatic carbocycles. The van der Waals surface area contributed by atoms with Crippen molar-refractivity contribution in [2.24, 2.45) is 0 Å². The molecule has 3 aromatic rings. The number of aromatic nitrogens is 1. The molecule has 0 saturated carbocycles. The highest BCUT2D eigenvalue weighted by atomic mass is 16.5. The maximum atomic E-state index is 12.7. The first kappa shape index (κ1) is 19.1. The Kier molecular flexibility index (Phi) is 6.01. The number of carbonyl (C=O) groups is 2. The summed E-state index contributed by atoms with van der Waals surface area (Å²) < 4.78 is 5.10. The van der Waals surface area contributed by atoms with E-state index in [9.17, 15) is 9.59 Å². The molecule has 0 atom stereocenters. The van der Waals surface area contributed by atoms with Crippen molar-refractivity contribution in [2.75, 3.05) is 19.5 Å². The van der Waals surface area contributed by atoms with Crippen LogP contribution in [-0.4, -0.2) is 35.9 Å². The van der Waals surface area contributed by atoms with Crippen LogP contribution in [0.5, 0.6) is 5.75 Å². The summed E-state index contributed by atoms with van der Waals surface area (Å²) in [6, 6.07) is 18.3. The molecule has 1 aromatic heterocycles. The summed E-state index contributed by atoms with van der Waals surface area (Å²) >= 11 is 0. The Morgan fingerprint density at radius 2 is 1.68 bits per heavy atom. The fourth-order valence-electron chi connectivity index (χ4n) is 2.71. The van der Waals surface area contributed by atoms with Crippen molar-refractivity contribution in [3.05, 3.63) is 89.7 Å². The van der Waals surface area contributed by atoms with Crippen LogP contribution < -0.4 is 10.1 Å². The molecule has 142 valence electrons. The fourth-order valence-corrected chi connectivity index (χ4v) is 2.71. The van der Waals surface area contributed by atoms with Gasteiger partial charge in [-0.25, -0.2) is 0 Å². The van der Waals surface area contributed by atoms with Crippen LogP contribution in [0.3, 0.4) is 0 Å². The summed E-state index contributed by atoms with van der Waals surface area (Å²) in [7, 11) is 3.30. The molecule has 0 unspecified atom stereocenters. The molecule has 0 fully saturated rings. The second-order valence-corrected chi connectivity index (χ2v) is 6.29. The van der Waals surface area contributed by atoms with E-state index in [1.807, 2.05) is 30.3 Å². The molecular weight excluding hydrogens is 354 g/mol. The molecule has 0 radical (unpaired) electrons. The molecule has 0 aliphatic rings. The summed E-state index contributed by atoms with van der Waals surface area (Å²) in [5.41, 5.74) is 2.33. The van der Waals surface area contributed by atoms with E-state index in [1.54, 1.807) is 49.4 Å². The number of ether oxygens (including phenoxy) is 1. The first-order valence-corrected chi connectivity index (χ1v) is 8.76. The van der Waals surface area contributed by atoms with Crippen molar-refractivity contribution in [2.45, 2.75) is 6.54 Å². The van der Waals surface area contributed by atoms with Crippen LogP contribution in [0.15, 0.2) is 73.1 Å². The van der Waals surface area contributed by atoms with Crippen molar-refractivity contribution in [1.82, 2.24) is 9.88 Å². The Labute approximate surface area is 163 Å². The number of rotatable bonds is 6. The van der Waals surface area contributed by atoms with Gasteiger partial charge in [0.05, 0.1) is 18.2 Å². The van der Waals surface area contributed by atoms with Crippen LogP contribution in [0.2, 0.25) is 0 Å². The lowest BCUT2D eigenvalue weighted by molar-refractivity contribution is 0.0784. The van der Waals surface area contributed by atoms with Gasteiger partial charge < -0.3 is 15.0 Å². The highest BCUT2D eigenvalue weighted by Gasteiger charge is 2.15. The van der Waals surface area contributed by atoms with Gasteiger partial charge in [-0.05, 0) is 35.9 Å². The zero-order valence-corrected chi connectivity index (χ0v) is 15.8. The van der Waals surface area contributed by atoms with E-state index in [0.29, 0.717) is 29.1 Å². The second-order valence-electron chi connectivity index (χ2n) is 6.29. The number of methoxy groups -OCH3 is 1. The zero-order valence-electron chi connectivity index (χ0n) is 15.8. The van der Waals surface area contributed by atoms with Crippen molar-refractivity contribution < 1.29 is 14.3 Å². The summed E-state index contributed by atoms with van der Waals surface area (Å²) in [4.78, 5) is 30.8. The molecule has 0 aliphatic heterocycles. The van der Waals surface area contributed by atoms with Gasteiger partial charge in [0, 0.05) is 31.7 Å². The summed E-state index contributed by atoms with van der Waals surface area (Å²) in [5.74, 6) is 0.169. The quantitative estimate of drug-likeness (QED) is 0.714. The molecule has 0 spiro atoms. The third kappa shape index (κ3) is 4.73. The van der Waals surface area contributed by atoms with E-state index in [4.69, 9.17) is 4.74 Å². The smallest absolute Gasteiger partial charge is 0.257 e. The molecule has 0 bridgehead atoms. The number of nitrogens with one attached hydrogen (secondary N) is 1. The molecule has 2 amide bonds. The lowest BCUT2D eigenvalue weighted by atomic mass is 10.1. The van der Waals surface area contributed by atoms with Gasteiger partial charge >= 0.3 is 0 Å². The fraction of sp³-hybridized carbons (Fsp3) is 0.136. The Morgan fingerprint density at radius 3 is 2.36 bits per heavy atom. The van der Waals surface area contributed by atoms with Crippen molar-refractivity contribution in [3.8, 4) is 5.75 Å². The van der Waals surface area contributed by atoms with Gasteiger partial charge in [0.1, 0.15) is 5.75 Å². The monoisotopic (exact) mass is 375 g/mol. The third-order valence-corrected chi connectivity index (χ3v) is 4.20. The molecule has 0 aliphatic carbocycles.